The Labute approximate surface area is 144 Å². The van der Waals surface area contributed by atoms with Gasteiger partial charge < -0.3 is 0 Å². The average molecular weight is 396 g/mol. The first kappa shape index (κ1) is 32.4. The van der Waals surface area contributed by atoms with E-state index in [-0.39, 0.29) is 28.6 Å². The van der Waals surface area contributed by atoms with Gasteiger partial charge in [0.25, 0.3) is 0 Å². The fraction of sp³-hybridized carbons (Fsp3) is 0. The molecule has 0 saturated carbocycles. The molecule has 5 nitrogen and oxygen atoms in total. The van der Waals surface area contributed by atoms with Crippen LogP contribution in [0.3, 0.4) is 0 Å². The first-order valence-electron chi connectivity index (χ1n) is 4.67. The van der Waals surface area contributed by atoms with E-state index in [1.807, 2.05) is 0 Å². The third kappa shape index (κ3) is 18.4. The van der Waals surface area contributed by atoms with Crippen LogP contribution in [0, 0.1) is 33.3 Å². The molecule has 0 spiro atoms. The number of hydrogen-bond acceptors (Lipinski definition) is 0. The molecule has 0 radical (unpaired) electrons. The fourth-order valence-corrected chi connectivity index (χ4v) is 2.64. The molecule has 110 valence electrons. The molecule has 0 amide bonds. The van der Waals surface area contributed by atoms with Gasteiger partial charge in [-0.25, -0.2) is 0 Å². The molecule has 1 aromatic heterocycles. The van der Waals surface area contributed by atoms with Crippen molar-refractivity contribution >= 4 is 7.53 Å². The van der Waals surface area contributed by atoms with Crippen molar-refractivity contribution in [2.24, 2.45) is 0 Å². The average Bonchev–Trinajstić information content (AvgIpc) is 3.19. The molecule has 0 unspecified atom stereocenters. The van der Waals surface area contributed by atoms with E-state index in [0.29, 0.717) is 0 Å². The molecule has 0 aliphatic carbocycles. The van der Waals surface area contributed by atoms with Crippen molar-refractivity contribution in [1.29, 1.82) is 0 Å². The van der Waals surface area contributed by atoms with E-state index in [1.165, 1.54) is 5.30 Å². The van der Waals surface area contributed by atoms with Crippen LogP contribution in [-0.2, 0) is 44.3 Å². The summed E-state index contributed by atoms with van der Waals surface area (Å²) in [6.07, 6.45) is 0. The van der Waals surface area contributed by atoms with Gasteiger partial charge in [0.2, 0.25) is 0 Å². The van der Waals surface area contributed by atoms with Crippen molar-refractivity contribution in [1.82, 2.24) is 0 Å². The van der Waals surface area contributed by atoms with Crippen molar-refractivity contribution in [3.05, 3.63) is 87.3 Å². The maximum atomic E-state index is 7.50. The first-order chi connectivity index (χ1) is 10.5. The van der Waals surface area contributed by atoms with Crippen LogP contribution in [0.2, 0.25) is 0 Å². The molecular formula is C15H9MoO5P. The SMILES string of the molecule is [C-]#[O+].[C-]#[O+].[C-]#[O+].[C-]#[O+].[C-]#[O+].[Mo].c1ccc(-p2cccc2)cc1. The smallest absolute Gasteiger partial charge is 0 e. The largest absolute Gasteiger partial charge is 0.0934 e. The second kappa shape index (κ2) is 36.6. The zero-order chi connectivity index (χ0) is 17.5. The van der Waals surface area contributed by atoms with Gasteiger partial charge in [-0.2, -0.15) is 0 Å². The predicted molar refractivity (Wildman–Crippen MR) is 70.1 cm³/mol. The molecule has 2 rings (SSSR count). The minimum atomic E-state index is -0.101. The Morgan fingerprint density at radius 3 is 1.18 bits per heavy atom. The van der Waals surface area contributed by atoms with Gasteiger partial charge in [0, 0.05) is 21.1 Å². The van der Waals surface area contributed by atoms with Crippen molar-refractivity contribution < 1.29 is 44.3 Å². The van der Waals surface area contributed by atoms with Crippen molar-refractivity contribution in [2.45, 2.75) is 0 Å². The molecule has 0 aliphatic heterocycles. The number of benzene rings is 1. The molecule has 0 atom stereocenters. The monoisotopic (exact) mass is 398 g/mol. The molecule has 7 heteroatoms. The standard InChI is InChI=1S/C10H9P.5CO.Mo/c1-2-6-10(7-3-1)11-8-4-5-9-11;5*1-2;/h1-9H;;;;;;. The summed E-state index contributed by atoms with van der Waals surface area (Å²) in [7, 11) is -0.101. The minimum absolute atomic E-state index is 0. The maximum Gasteiger partial charge on any atom is 0 e. The van der Waals surface area contributed by atoms with Crippen molar-refractivity contribution in [3.8, 4) is 5.30 Å². The Bertz CT molecular complexity index is 478. The van der Waals surface area contributed by atoms with E-state index in [2.05, 4.69) is 87.3 Å². The quantitative estimate of drug-likeness (QED) is 0.401. The third-order valence-corrected chi connectivity index (χ3v) is 3.54. The Balaban J connectivity index is -0.0000000760. The van der Waals surface area contributed by atoms with Crippen LogP contribution in [0.15, 0.2) is 54.1 Å². The summed E-state index contributed by atoms with van der Waals surface area (Å²) < 4.78 is 37.5. The molecule has 0 N–H and O–H groups in total. The van der Waals surface area contributed by atoms with Gasteiger partial charge in [-0.1, -0.05) is 50.0 Å². The molecule has 0 bridgehead atoms. The van der Waals surface area contributed by atoms with Crippen molar-refractivity contribution in [2.75, 3.05) is 0 Å². The summed E-state index contributed by atoms with van der Waals surface area (Å²) in [5, 5.41) is 1.44. The van der Waals surface area contributed by atoms with Crippen LogP contribution in [-0.4, -0.2) is 0 Å². The van der Waals surface area contributed by atoms with Crippen LogP contribution in [0.1, 0.15) is 0 Å². The van der Waals surface area contributed by atoms with Gasteiger partial charge in [0.05, 0.1) is 0 Å². The second-order valence-corrected chi connectivity index (χ2v) is 4.35. The molecule has 1 heterocycles. The Hall–Kier alpha value is -1.61. The van der Waals surface area contributed by atoms with Gasteiger partial charge in [-0.3, -0.25) is 0 Å². The number of hydrogen-bond donors (Lipinski definition) is 0. The van der Waals surface area contributed by atoms with Crippen LogP contribution < -0.4 is 0 Å². The second-order valence-electron chi connectivity index (χ2n) is 2.43. The zero-order valence-corrected chi connectivity index (χ0v) is 14.0. The first-order valence-corrected chi connectivity index (χ1v) is 6.15. The Morgan fingerprint density at radius 2 is 0.864 bits per heavy atom. The van der Waals surface area contributed by atoms with Crippen LogP contribution >= 0.6 is 7.53 Å². The van der Waals surface area contributed by atoms with Gasteiger partial charge in [0.15, 0.2) is 0 Å². The van der Waals surface area contributed by atoms with Gasteiger partial charge in [0.1, 0.15) is 0 Å². The van der Waals surface area contributed by atoms with E-state index in [1.54, 1.807) is 0 Å². The summed E-state index contributed by atoms with van der Waals surface area (Å²) in [5.41, 5.74) is 0. The van der Waals surface area contributed by atoms with E-state index in [0.717, 1.165) is 0 Å². The summed E-state index contributed by atoms with van der Waals surface area (Å²) in [4.78, 5) is 0. The molecule has 2 aromatic rings. The molecule has 22 heavy (non-hydrogen) atoms. The Morgan fingerprint density at radius 1 is 0.545 bits per heavy atom. The van der Waals surface area contributed by atoms with Crippen LogP contribution in [0.4, 0.5) is 0 Å². The predicted octanol–water partition coefficient (Wildman–Crippen LogP) is 3.47. The minimum Gasteiger partial charge on any atom is -0.0934 e. The zero-order valence-electron chi connectivity index (χ0n) is 11.1. The van der Waals surface area contributed by atoms with Crippen LogP contribution in [0.25, 0.3) is 5.30 Å². The van der Waals surface area contributed by atoms with E-state index in [4.69, 9.17) is 23.3 Å². The third-order valence-electron chi connectivity index (χ3n) is 1.66. The summed E-state index contributed by atoms with van der Waals surface area (Å²) in [6.45, 7) is 22.5. The van der Waals surface area contributed by atoms with Gasteiger partial charge in [-0.05, 0) is 16.9 Å². The topological polar surface area (TPSA) is 99.5 Å². The Kier molecular flexibility index (Phi) is 53.8. The number of rotatable bonds is 1. The van der Waals surface area contributed by atoms with Gasteiger partial charge >= 0.3 is 56.5 Å². The molecule has 1 aromatic carbocycles. The normalized spacial score (nSPS) is 5.36. The van der Waals surface area contributed by atoms with E-state index in [9.17, 15) is 0 Å². The molecule has 0 aliphatic rings. The maximum absolute atomic E-state index is 7.50. The van der Waals surface area contributed by atoms with Crippen LogP contribution in [0.5, 0.6) is 0 Å². The molecular weight excluding hydrogens is 387 g/mol. The van der Waals surface area contributed by atoms with Gasteiger partial charge in [-0.15, -0.1) is 0 Å². The van der Waals surface area contributed by atoms with E-state index < -0.39 is 0 Å². The summed E-state index contributed by atoms with van der Waals surface area (Å²) >= 11 is 0. The fourth-order valence-electron chi connectivity index (χ4n) is 1.11. The van der Waals surface area contributed by atoms with Crippen molar-refractivity contribution in [3.63, 3.8) is 0 Å². The molecule has 0 saturated heterocycles. The molecule has 0 fully saturated rings. The summed E-state index contributed by atoms with van der Waals surface area (Å²) in [6, 6.07) is 14.9. The van der Waals surface area contributed by atoms with E-state index >= 15 is 0 Å². The summed E-state index contributed by atoms with van der Waals surface area (Å²) in [5.74, 6) is 4.54.